The lowest BCUT2D eigenvalue weighted by Gasteiger charge is -2.35. The molecule has 0 fully saturated rings. The molecule has 0 saturated carbocycles. The van der Waals surface area contributed by atoms with Gasteiger partial charge >= 0.3 is 0 Å². The second-order valence-corrected chi connectivity index (χ2v) is 25.0. The zero-order valence-electron chi connectivity index (χ0n) is 43.9. The molecule has 7 aromatic rings. The molecule has 0 unspecified atom stereocenters. The van der Waals surface area contributed by atoms with E-state index in [4.69, 9.17) is 17.5 Å². The van der Waals surface area contributed by atoms with Gasteiger partial charge in [0.05, 0.1) is 33.2 Å². The van der Waals surface area contributed by atoms with Crippen LogP contribution < -0.4 is 0 Å². The molecule has 0 N–H and O–H groups in total. The van der Waals surface area contributed by atoms with Gasteiger partial charge < -0.3 is 0 Å². The molecule has 0 amide bonds. The van der Waals surface area contributed by atoms with Crippen LogP contribution >= 0.6 is 46.1 Å². The summed E-state index contributed by atoms with van der Waals surface area (Å²) in [6.45, 7) is 18.7. The number of rotatable bonds is 25. The smallest absolute Gasteiger partial charge is 0.114 e. The number of aryl methyl sites for hydroxylation is 2. The highest BCUT2D eigenvalue weighted by Gasteiger charge is 2.50. The minimum atomic E-state index is -0.121. The fourth-order valence-electron chi connectivity index (χ4n) is 13.6. The molecular formula is C62H78N4S4. The van der Waals surface area contributed by atoms with Gasteiger partial charge in [-0.25, -0.2) is 0 Å². The third-order valence-corrected chi connectivity index (χ3v) is 20.3. The molecule has 0 bridgehead atoms. The van der Waals surface area contributed by atoms with Gasteiger partial charge in [0.25, 0.3) is 0 Å². The van der Waals surface area contributed by atoms with Crippen molar-refractivity contribution in [3.05, 3.63) is 85.8 Å². The van der Waals surface area contributed by atoms with E-state index in [9.17, 15) is 0 Å². The Morgan fingerprint density at radius 2 is 0.857 bits per heavy atom. The topological polar surface area (TPSA) is 51.6 Å². The van der Waals surface area contributed by atoms with E-state index in [2.05, 4.69) is 91.8 Å². The van der Waals surface area contributed by atoms with Crippen molar-refractivity contribution in [2.75, 3.05) is 0 Å². The number of fused-ring (bicyclic) bond motifs is 13. The Balaban J connectivity index is 1.23. The zero-order valence-corrected chi connectivity index (χ0v) is 47.1. The Morgan fingerprint density at radius 3 is 1.37 bits per heavy atom. The van der Waals surface area contributed by atoms with Crippen LogP contribution in [0.5, 0.6) is 0 Å². The molecule has 4 nitrogen and oxygen atoms in total. The first-order valence-corrected chi connectivity index (χ1v) is 31.1. The Hall–Kier alpha value is -3.56. The lowest BCUT2D eigenvalue weighted by molar-refractivity contribution is 0.397. The molecule has 3 aliphatic carbocycles. The number of unbranched alkanes of at least 4 members (excludes halogenated alkanes) is 12. The quantitative estimate of drug-likeness (QED) is 0.0535. The average molecular weight is 1010 g/mol. The standard InChI is InChI=1S/C62H78N4S4/c1-9-15-19-23-29-61(30-24-20-16-10-2)47-36-43-48(35-42(47)53-49(61)33-39(7)55-57(53)65-69-63-55)62(31-25-21-17-11-3,32-26-22-18-12-4)50-37-44(56-58(54(43)50)66-70-64-56)51-38-46-52(41(27-13-5)28-14-6)45-34-40(8)67-59(45)60(46)68-51/h33-38H,9-32H2,1-8H3. The van der Waals surface area contributed by atoms with Crippen molar-refractivity contribution in [2.24, 2.45) is 0 Å². The molecule has 4 aromatic heterocycles. The van der Waals surface area contributed by atoms with Crippen molar-refractivity contribution in [2.45, 2.75) is 220 Å². The highest BCUT2D eigenvalue weighted by Crippen LogP contribution is 2.64. The first-order chi connectivity index (χ1) is 34.3. The Kier molecular flexibility index (Phi) is 15.4. The molecule has 0 radical (unpaired) electrons. The molecule has 8 heteroatoms. The largest absolute Gasteiger partial charge is 0.173 e. The normalized spacial score (nSPS) is 14.7. The molecule has 0 aliphatic heterocycles. The first-order valence-electron chi connectivity index (χ1n) is 28.0. The van der Waals surface area contributed by atoms with E-state index in [1.54, 1.807) is 16.7 Å². The summed E-state index contributed by atoms with van der Waals surface area (Å²) >= 11 is 6.84. The molecule has 3 aliphatic rings. The third kappa shape index (κ3) is 8.52. The van der Waals surface area contributed by atoms with Gasteiger partial charge in [-0.05, 0) is 127 Å². The van der Waals surface area contributed by atoms with Gasteiger partial charge in [-0.2, -0.15) is 17.5 Å². The lowest BCUT2D eigenvalue weighted by Crippen LogP contribution is -2.27. The third-order valence-electron chi connectivity index (χ3n) is 16.9. The summed E-state index contributed by atoms with van der Waals surface area (Å²) in [6, 6.07) is 15.9. The van der Waals surface area contributed by atoms with Crippen molar-refractivity contribution in [1.82, 2.24) is 17.5 Å². The van der Waals surface area contributed by atoms with Crippen LogP contribution in [0, 0.1) is 13.8 Å². The molecule has 0 spiro atoms. The van der Waals surface area contributed by atoms with Crippen LogP contribution in [0.3, 0.4) is 0 Å². The predicted molar refractivity (Wildman–Crippen MR) is 308 cm³/mol. The fraction of sp³-hybridized carbons (Fsp3) is 0.548. The van der Waals surface area contributed by atoms with Crippen LogP contribution in [0.25, 0.3) is 70.1 Å². The number of hydrogen-bond acceptors (Lipinski definition) is 8. The van der Waals surface area contributed by atoms with E-state index in [0.29, 0.717) is 0 Å². The van der Waals surface area contributed by atoms with E-state index >= 15 is 0 Å². The molecule has 4 heterocycles. The van der Waals surface area contributed by atoms with Gasteiger partial charge in [0.1, 0.15) is 22.1 Å². The number of hydrogen-bond donors (Lipinski definition) is 0. The summed E-state index contributed by atoms with van der Waals surface area (Å²) in [7, 11) is 0. The van der Waals surface area contributed by atoms with Crippen LogP contribution in [-0.2, 0) is 10.8 Å². The number of aromatic nitrogens is 4. The van der Waals surface area contributed by atoms with Gasteiger partial charge in [-0.1, -0.05) is 169 Å². The second-order valence-electron chi connectivity index (χ2n) is 21.7. The summed E-state index contributed by atoms with van der Waals surface area (Å²) in [4.78, 5) is 5.72. The number of allylic oxidation sites excluding steroid dienone is 1. The van der Waals surface area contributed by atoms with Crippen LogP contribution in [0.1, 0.15) is 239 Å². The minimum Gasteiger partial charge on any atom is -0.173 e. The summed E-state index contributed by atoms with van der Waals surface area (Å²) < 4.78 is 20.9. The van der Waals surface area contributed by atoms with Gasteiger partial charge in [-0.15, -0.1) is 22.7 Å². The second kappa shape index (κ2) is 21.5. The van der Waals surface area contributed by atoms with E-state index in [1.807, 2.05) is 22.7 Å². The monoisotopic (exact) mass is 1010 g/mol. The first kappa shape index (κ1) is 50.0. The average Bonchev–Trinajstić information content (AvgIpc) is 4.24. The Labute approximate surface area is 436 Å². The van der Waals surface area contributed by atoms with Gasteiger partial charge in [-0.3, -0.25) is 0 Å². The molecule has 0 atom stereocenters. The summed E-state index contributed by atoms with van der Waals surface area (Å²) in [5.74, 6) is 0. The van der Waals surface area contributed by atoms with E-state index in [-0.39, 0.29) is 10.8 Å². The summed E-state index contributed by atoms with van der Waals surface area (Å²) in [5.41, 5.74) is 24.8. The van der Waals surface area contributed by atoms with Crippen LogP contribution in [0.15, 0.2) is 42.0 Å². The van der Waals surface area contributed by atoms with Gasteiger partial charge in [0, 0.05) is 48.4 Å². The minimum absolute atomic E-state index is 0.0625. The molecule has 370 valence electrons. The molecular weight excluding hydrogens is 929 g/mol. The summed E-state index contributed by atoms with van der Waals surface area (Å²) in [6.07, 6.45) is 29.6. The predicted octanol–water partition coefficient (Wildman–Crippen LogP) is 20.9. The van der Waals surface area contributed by atoms with Crippen molar-refractivity contribution in [3.63, 3.8) is 0 Å². The van der Waals surface area contributed by atoms with Crippen molar-refractivity contribution in [1.29, 1.82) is 0 Å². The van der Waals surface area contributed by atoms with E-state index < -0.39 is 0 Å². The van der Waals surface area contributed by atoms with E-state index in [0.717, 1.165) is 47.8 Å². The van der Waals surface area contributed by atoms with Crippen LogP contribution in [0.2, 0.25) is 0 Å². The van der Waals surface area contributed by atoms with Gasteiger partial charge in [0.2, 0.25) is 0 Å². The maximum atomic E-state index is 5.42. The SMILES string of the molecule is CCCCCCC1(CCCCCC)c2cc3c(cc2-c2c1cc(C)c1nsnc21)C(CCCCCC)(CCCCCC)c1cc(-c2cc4c(s2)-c2sc(C)cc2C4=C(CCC)CCC)c2nsnc2c1-3. The van der Waals surface area contributed by atoms with E-state index in [1.165, 1.54) is 233 Å². The number of benzene rings is 3. The molecule has 70 heavy (non-hydrogen) atoms. The van der Waals surface area contributed by atoms with Crippen LogP contribution in [0.4, 0.5) is 0 Å². The Morgan fingerprint density at radius 1 is 0.414 bits per heavy atom. The lowest BCUT2D eigenvalue weighted by atomic mass is 9.68. The highest BCUT2D eigenvalue weighted by molar-refractivity contribution is 7.24. The van der Waals surface area contributed by atoms with Crippen molar-refractivity contribution >= 4 is 73.8 Å². The number of nitrogens with zero attached hydrogens (tertiary/aromatic N) is 4. The zero-order chi connectivity index (χ0) is 48.6. The van der Waals surface area contributed by atoms with Crippen LogP contribution in [-0.4, -0.2) is 17.5 Å². The summed E-state index contributed by atoms with van der Waals surface area (Å²) in [5, 5.41) is 0. The van der Waals surface area contributed by atoms with Gasteiger partial charge in [0.15, 0.2) is 0 Å². The maximum Gasteiger partial charge on any atom is 0.114 e. The number of thiophene rings is 2. The maximum absolute atomic E-state index is 5.42. The fourth-order valence-corrected chi connectivity index (χ4v) is 17.2. The highest BCUT2D eigenvalue weighted by atomic mass is 32.1. The molecule has 3 aromatic carbocycles. The molecule has 0 saturated heterocycles. The van der Waals surface area contributed by atoms with Crippen molar-refractivity contribution < 1.29 is 0 Å². The molecule has 10 rings (SSSR count). The Bertz CT molecular complexity index is 2990. The van der Waals surface area contributed by atoms with Crippen molar-refractivity contribution in [3.8, 4) is 42.4 Å².